The number of likely N-dealkylation sites (tertiary alicyclic amines) is 1. The lowest BCUT2D eigenvalue weighted by Gasteiger charge is -2.25. The van der Waals surface area contributed by atoms with Gasteiger partial charge in [0.2, 0.25) is 0 Å². The Balaban J connectivity index is 1.81. The number of hydrogen-bond acceptors (Lipinski definition) is 2. The summed E-state index contributed by atoms with van der Waals surface area (Å²) in [6, 6.07) is 9.06. The number of nitrogens with zero attached hydrogens (tertiary/aromatic N) is 1. The van der Waals surface area contributed by atoms with E-state index in [1.165, 1.54) is 24.3 Å². The molecule has 2 aromatic carbocycles. The van der Waals surface area contributed by atoms with Crippen LogP contribution in [0.15, 0.2) is 48.5 Å². The van der Waals surface area contributed by atoms with E-state index in [1.807, 2.05) is 4.90 Å². The summed E-state index contributed by atoms with van der Waals surface area (Å²) >= 11 is 0. The highest BCUT2D eigenvalue weighted by molar-refractivity contribution is 5.67. The summed E-state index contributed by atoms with van der Waals surface area (Å²) in [5, 5.41) is 9.09. The van der Waals surface area contributed by atoms with Crippen LogP contribution < -0.4 is 0 Å². The van der Waals surface area contributed by atoms with Gasteiger partial charge in [0.15, 0.2) is 0 Å². The van der Waals surface area contributed by atoms with Gasteiger partial charge in [-0.25, -0.2) is 0 Å². The summed E-state index contributed by atoms with van der Waals surface area (Å²) < 4.78 is 76.7. The molecule has 1 aliphatic rings. The van der Waals surface area contributed by atoms with Crippen LogP contribution in [0.1, 0.15) is 41.1 Å². The molecule has 0 aliphatic carbocycles. The first-order chi connectivity index (χ1) is 13.9. The van der Waals surface area contributed by atoms with E-state index in [9.17, 15) is 31.1 Å². The second-order valence-electron chi connectivity index (χ2n) is 7.46. The third-order valence-corrected chi connectivity index (χ3v) is 5.24. The Morgan fingerprint density at radius 3 is 1.87 bits per heavy atom. The first-order valence-electron chi connectivity index (χ1n) is 9.22. The summed E-state index contributed by atoms with van der Waals surface area (Å²) in [6.07, 6.45) is -8.54. The van der Waals surface area contributed by atoms with Crippen molar-refractivity contribution in [2.45, 2.75) is 37.8 Å². The molecule has 1 heterocycles. The first-order valence-corrected chi connectivity index (χ1v) is 9.22. The van der Waals surface area contributed by atoms with Gasteiger partial charge in [-0.15, -0.1) is 0 Å². The zero-order chi connectivity index (χ0) is 22.1. The molecule has 1 fully saturated rings. The predicted octanol–water partition coefficient (Wildman–Crippen LogP) is 5.76. The number of benzene rings is 2. The minimum absolute atomic E-state index is 0.0827. The van der Waals surface area contributed by atoms with Gasteiger partial charge in [0.05, 0.1) is 11.1 Å². The fourth-order valence-corrected chi connectivity index (χ4v) is 3.84. The van der Waals surface area contributed by atoms with Crippen molar-refractivity contribution in [1.82, 2.24) is 4.90 Å². The Labute approximate surface area is 168 Å². The standard InChI is InChI=1S/C21H19F6NO2/c22-20(23,24)16-5-1-13(2-6-16)11-28-12-14(10-19(29)30)9-18(28)15-3-7-17(8-4-15)21(25,26)27/h1-8,14,18H,9-12H2,(H,29,30)/t14?,18-/m1/s1. The van der Waals surface area contributed by atoms with Gasteiger partial charge < -0.3 is 5.11 Å². The van der Waals surface area contributed by atoms with Crippen molar-refractivity contribution in [3.8, 4) is 0 Å². The Bertz CT molecular complexity index is 874. The van der Waals surface area contributed by atoms with Crippen molar-refractivity contribution in [3.63, 3.8) is 0 Å². The Morgan fingerprint density at radius 2 is 1.40 bits per heavy atom. The van der Waals surface area contributed by atoms with Gasteiger partial charge in [-0.2, -0.15) is 26.3 Å². The van der Waals surface area contributed by atoms with Crippen molar-refractivity contribution in [1.29, 1.82) is 0 Å². The average Bonchev–Trinajstić information content (AvgIpc) is 3.02. The first kappa shape index (κ1) is 22.1. The van der Waals surface area contributed by atoms with Crippen LogP contribution in [0.4, 0.5) is 26.3 Å². The maximum atomic E-state index is 12.8. The van der Waals surface area contributed by atoms with E-state index >= 15 is 0 Å². The van der Waals surface area contributed by atoms with Gasteiger partial charge >= 0.3 is 18.3 Å². The second kappa shape index (κ2) is 8.29. The number of hydrogen-bond donors (Lipinski definition) is 1. The van der Waals surface area contributed by atoms with Gasteiger partial charge in [-0.3, -0.25) is 9.69 Å². The molecule has 2 atom stereocenters. The molecule has 9 heteroatoms. The van der Waals surface area contributed by atoms with Crippen LogP contribution in [0.25, 0.3) is 0 Å². The topological polar surface area (TPSA) is 40.5 Å². The number of rotatable bonds is 5. The largest absolute Gasteiger partial charge is 0.481 e. The lowest BCUT2D eigenvalue weighted by Crippen LogP contribution is -2.24. The minimum Gasteiger partial charge on any atom is -0.481 e. The van der Waals surface area contributed by atoms with Crippen molar-refractivity contribution < 1.29 is 36.2 Å². The van der Waals surface area contributed by atoms with Crippen LogP contribution in [-0.2, 0) is 23.7 Å². The number of carboxylic acid groups (broad SMARTS) is 1. The van der Waals surface area contributed by atoms with Crippen molar-refractivity contribution in [3.05, 3.63) is 70.8 Å². The molecule has 3 nitrogen and oxygen atoms in total. The molecule has 3 rings (SSSR count). The maximum Gasteiger partial charge on any atom is 0.416 e. The summed E-state index contributed by atoms with van der Waals surface area (Å²) in [5.41, 5.74) is -0.324. The zero-order valence-corrected chi connectivity index (χ0v) is 15.7. The normalized spacial score (nSPS) is 20.5. The molecule has 0 spiro atoms. The highest BCUT2D eigenvalue weighted by Gasteiger charge is 2.36. The average molecular weight is 431 g/mol. The Morgan fingerprint density at radius 1 is 0.900 bits per heavy atom. The lowest BCUT2D eigenvalue weighted by molar-refractivity contribution is -0.138. The quantitative estimate of drug-likeness (QED) is 0.612. The Kier molecular flexibility index (Phi) is 6.12. The van der Waals surface area contributed by atoms with E-state index in [2.05, 4.69) is 0 Å². The van der Waals surface area contributed by atoms with Crippen LogP contribution in [0.3, 0.4) is 0 Å². The van der Waals surface area contributed by atoms with Crippen LogP contribution >= 0.6 is 0 Å². The van der Waals surface area contributed by atoms with Gasteiger partial charge in [0.1, 0.15) is 0 Å². The smallest absolute Gasteiger partial charge is 0.416 e. The van der Waals surface area contributed by atoms with E-state index in [0.29, 0.717) is 24.1 Å². The van der Waals surface area contributed by atoms with Crippen LogP contribution in [0.2, 0.25) is 0 Å². The Hall–Kier alpha value is -2.55. The monoisotopic (exact) mass is 431 g/mol. The van der Waals surface area contributed by atoms with E-state index in [1.54, 1.807) is 0 Å². The maximum absolute atomic E-state index is 12.8. The number of carboxylic acids is 1. The molecule has 1 aliphatic heterocycles. The molecule has 0 saturated carbocycles. The number of halogens is 6. The molecule has 1 N–H and O–H groups in total. The summed E-state index contributed by atoms with van der Waals surface area (Å²) in [6.45, 7) is 0.652. The van der Waals surface area contributed by atoms with E-state index in [0.717, 1.165) is 24.3 Å². The lowest BCUT2D eigenvalue weighted by atomic mass is 9.97. The molecule has 0 bridgehead atoms. The van der Waals surface area contributed by atoms with Crippen LogP contribution in [0.5, 0.6) is 0 Å². The van der Waals surface area contributed by atoms with Crippen molar-refractivity contribution in [2.24, 2.45) is 5.92 Å². The number of aliphatic carboxylic acids is 1. The molecule has 30 heavy (non-hydrogen) atoms. The van der Waals surface area contributed by atoms with Gasteiger partial charge in [-0.1, -0.05) is 24.3 Å². The minimum atomic E-state index is -4.46. The molecular weight excluding hydrogens is 412 g/mol. The van der Waals surface area contributed by atoms with E-state index in [4.69, 9.17) is 5.11 Å². The second-order valence-corrected chi connectivity index (χ2v) is 7.46. The van der Waals surface area contributed by atoms with E-state index < -0.39 is 29.4 Å². The molecule has 162 valence electrons. The fourth-order valence-electron chi connectivity index (χ4n) is 3.84. The van der Waals surface area contributed by atoms with Gasteiger partial charge in [0.25, 0.3) is 0 Å². The summed E-state index contributed by atoms with van der Waals surface area (Å²) in [4.78, 5) is 13.0. The summed E-state index contributed by atoms with van der Waals surface area (Å²) in [7, 11) is 0. The highest BCUT2D eigenvalue weighted by Crippen LogP contribution is 2.39. The fraction of sp³-hybridized carbons (Fsp3) is 0.381. The molecule has 1 saturated heterocycles. The molecule has 2 aromatic rings. The van der Waals surface area contributed by atoms with Crippen LogP contribution in [-0.4, -0.2) is 22.5 Å². The molecular formula is C21H19F6NO2. The van der Waals surface area contributed by atoms with Gasteiger partial charge in [-0.05, 0) is 47.7 Å². The number of alkyl halides is 6. The zero-order valence-electron chi connectivity index (χ0n) is 15.7. The predicted molar refractivity (Wildman–Crippen MR) is 96.4 cm³/mol. The van der Waals surface area contributed by atoms with Crippen molar-refractivity contribution >= 4 is 5.97 Å². The van der Waals surface area contributed by atoms with Crippen molar-refractivity contribution in [2.75, 3.05) is 6.54 Å². The van der Waals surface area contributed by atoms with E-state index in [-0.39, 0.29) is 24.9 Å². The summed E-state index contributed by atoms with van der Waals surface area (Å²) in [5.74, 6) is -1.17. The van der Waals surface area contributed by atoms with Gasteiger partial charge in [0, 0.05) is 25.6 Å². The molecule has 0 aromatic heterocycles. The molecule has 0 amide bonds. The third kappa shape index (κ3) is 5.33. The SMILES string of the molecule is O=C(O)CC1C[C@H](c2ccc(C(F)(F)F)cc2)N(Cc2ccc(C(F)(F)F)cc2)C1. The molecule has 1 unspecified atom stereocenters. The molecule has 0 radical (unpaired) electrons. The number of carbonyl (C=O) groups is 1. The van der Waals surface area contributed by atoms with Crippen LogP contribution in [0, 0.1) is 5.92 Å². The highest BCUT2D eigenvalue weighted by atomic mass is 19.4. The third-order valence-electron chi connectivity index (χ3n) is 5.24.